The summed E-state index contributed by atoms with van der Waals surface area (Å²) in [5, 5.41) is 0. The third-order valence-corrected chi connectivity index (χ3v) is 4.07. The van der Waals surface area contributed by atoms with Crippen molar-refractivity contribution in [3.63, 3.8) is 0 Å². The number of fused-ring (bicyclic) bond motifs is 1. The van der Waals surface area contributed by atoms with Gasteiger partial charge in [-0.2, -0.15) is 0 Å². The molecule has 0 N–H and O–H groups in total. The molecule has 1 amide bonds. The minimum atomic E-state index is -0.210. The second-order valence-corrected chi connectivity index (χ2v) is 5.62. The molecule has 1 aliphatic heterocycles. The predicted molar refractivity (Wildman–Crippen MR) is 85.0 cm³/mol. The minimum absolute atomic E-state index is 0.0267. The molecule has 0 radical (unpaired) electrons. The van der Waals surface area contributed by atoms with Gasteiger partial charge in [-0.1, -0.05) is 36.9 Å². The molecule has 2 nitrogen and oxygen atoms in total. The Morgan fingerprint density at radius 1 is 1.18 bits per heavy atom. The monoisotopic (exact) mass is 295 g/mol. The Hall–Kier alpha value is -2.42. The number of rotatable bonds is 3. The van der Waals surface area contributed by atoms with Gasteiger partial charge in [0.15, 0.2) is 0 Å². The van der Waals surface area contributed by atoms with E-state index in [0.717, 1.165) is 24.1 Å². The normalized spacial score (nSPS) is 13.6. The van der Waals surface area contributed by atoms with Gasteiger partial charge >= 0.3 is 0 Å². The zero-order valence-electron chi connectivity index (χ0n) is 12.4. The molecule has 3 heteroatoms. The first-order chi connectivity index (χ1) is 10.7. The van der Waals surface area contributed by atoms with Gasteiger partial charge in [-0.3, -0.25) is 4.79 Å². The van der Waals surface area contributed by atoms with Gasteiger partial charge in [0.1, 0.15) is 5.82 Å². The van der Waals surface area contributed by atoms with Crippen molar-refractivity contribution < 1.29 is 9.18 Å². The van der Waals surface area contributed by atoms with Crippen LogP contribution in [0.3, 0.4) is 0 Å². The second kappa shape index (κ2) is 6.14. The van der Waals surface area contributed by atoms with Crippen molar-refractivity contribution in [3.05, 3.63) is 83.2 Å². The van der Waals surface area contributed by atoms with Crippen LogP contribution in [0, 0.1) is 5.82 Å². The van der Waals surface area contributed by atoms with Crippen LogP contribution >= 0.6 is 0 Å². The van der Waals surface area contributed by atoms with Crippen molar-refractivity contribution in [1.29, 1.82) is 0 Å². The molecule has 3 rings (SSSR count). The fourth-order valence-electron chi connectivity index (χ4n) is 2.92. The summed E-state index contributed by atoms with van der Waals surface area (Å²) < 4.78 is 13.3. The van der Waals surface area contributed by atoms with E-state index in [0.29, 0.717) is 13.0 Å². The first-order valence-corrected chi connectivity index (χ1v) is 7.42. The highest BCUT2D eigenvalue weighted by molar-refractivity contribution is 5.87. The van der Waals surface area contributed by atoms with Crippen LogP contribution < -0.4 is 0 Å². The maximum Gasteiger partial charge on any atom is 0.246 e. The van der Waals surface area contributed by atoms with Crippen molar-refractivity contribution in [3.8, 4) is 0 Å². The highest BCUT2D eigenvalue weighted by atomic mass is 19.1. The van der Waals surface area contributed by atoms with E-state index in [1.165, 1.54) is 23.3 Å². The number of benzene rings is 2. The number of amides is 1. The molecule has 112 valence electrons. The van der Waals surface area contributed by atoms with E-state index in [1.807, 2.05) is 6.07 Å². The van der Waals surface area contributed by atoms with Crippen LogP contribution in [0.1, 0.15) is 22.3 Å². The number of carbonyl (C=O) groups excluding carboxylic acids is 1. The second-order valence-electron chi connectivity index (χ2n) is 5.62. The highest BCUT2D eigenvalue weighted by Crippen LogP contribution is 2.22. The third kappa shape index (κ3) is 3.08. The molecule has 0 saturated heterocycles. The molecule has 0 atom stereocenters. The molecule has 22 heavy (non-hydrogen) atoms. The Morgan fingerprint density at radius 2 is 2.00 bits per heavy atom. The number of halogens is 1. The number of hydrogen-bond donors (Lipinski definition) is 0. The summed E-state index contributed by atoms with van der Waals surface area (Å²) in [5.74, 6) is -0.237. The van der Waals surface area contributed by atoms with Crippen LogP contribution in [0.25, 0.3) is 0 Å². The van der Waals surface area contributed by atoms with Gasteiger partial charge < -0.3 is 4.90 Å². The molecule has 0 bridgehead atoms. The highest BCUT2D eigenvalue weighted by Gasteiger charge is 2.19. The Labute approximate surface area is 129 Å². The van der Waals surface area contributed by atoms with E-state index in [4.69, 9.17) is 0 Å². The lowest BCUT2D eigenvalue weighted by atomic mass is 9.95. The lowest BCUT2D eigenvalue weighted by Crippen LogP contribution is -2.34. The number of nitrogens with zero attached hydrogens (tertiary/aromatic N) is 1. The summed E-state index contributed by atoms with van der Waals surface area (Å²) >= 11 is 0. The van der Waals surface area contributed by atoms with Crippen LogP contribution in [-0.2, 0) is 24.2 Å². The molecule has 0 unspecified atom stereocenters. The van der Waals surface area contributed by atoms with Gasteiger partial charge in [-0.15, -0.1) is 0 Å². The molecule has 2 aromatic rings. The zero-order valence-corrected chi connectivity index (χ0v) is 12.4. The van der Waals surface area contributed by atoms with E-state index in [2.05, 4.69) is 24.8 Å². The van der Waals surface area contributed by atoms with Crippen LogP contribution in [0.4, 0.5) is 4.39 Å². The number of hydrogen-bond acceptors (Lipinski definition) is 1. The number of carbonyl (C=O) groups is 1. The Kier molecular flexibility index (Phi) is 4.05. The topological polar surface area (TPSA) is 20.3 Å². The maximum absolute atomic E-state index is 13.3. The molecule has 2 aromatic carbocycles. The lowest BCUT2D eigenvalue weighted by Gasteiger charge is -2.28. The van der Waals surface area contributed by atoms with Gasteiger partial charge in [0.05, 0.1) is 0 Å². The Bertz CT molecular complexity index is 723. The Morgan fingerprint density at radius 3 is 2.77 bits per heavy atom. The average molecular weight is 295 g/mol. The van der Waals surface area contributed by atoms with E-state index in [9.17, 15) is 9.18 Å². The van der Waals surface area contributed by atoms with Gasteiger partial charge in [0, 0.05) is 13.1 Å². The lowest BCUT2D eigenvalue weighted by molar-refractivity contribution is -0.126. The van der Waals surface area contributed by atoms with Gasteiger partial charge in [-0.25, -0.2) is 4.39 Å². The van der Waals surface area contributed by atoms with Crippen LogP contribution in [0.15, 0.2) is 55.1 Å². The largest absolute Gasteiger partial charge is 0.335 e. The van der Waals surface area contributed by atoms with Crippen molar-refractivity contribution in [2.24, 2.45) is 0 Å². The summed E-state index contributed by atoms with van der Waals surface area (Å²) in [5.41, 5.74) is 4.55. The molecule has 0 aliphatic carbocycles. The first kappa shape index (κ1) is 14.5. The SMILES string of the molecule is C=CC(=O)N1CCc2ccc(Cc3cccc(F)c3)cc2C1. The van der Waals surface area contributed by atoms with Gasteiger partial charge in [0.25, 0.3) is 0 Å². The predicted octanol–water partition coefficient (Wildman–Crippen LogP) is 3.49. The van der Waals surface area contributed by atoms with E-state index in [-0.39, 0.29) is 11.7 Å². The van der Waals surface area contributed by atoms with E-state index in [1.54, 1.807) is 17.0 Å². The quantitative estimate of drug-likeness (QED) is 0.794. The van der Waals surface area contributed by atoms with E-state index >= 15 is 0 Å². The van der Waals surface area contributed by atoms with Crippen molar-refractivity contribution >= 4 is 5.91 Å². The van der Waals surface area contributed by atoms with Crippen molar-refractivity contribution in [2.45, 2.75) is 19.4 Å². The first-order valence-electron chi connectivity index (χ1n) is 7.42. The summed E-state index contributed by atoms with van der Waals surface area (Å²) in [6.45, 7) is 4.91. The van der Waals surface area contributed by atoms with E-state index < -0.39 is 0 Å². The van der Waals surface area contributed by atoms with Gasteiger partial charge in [-0.05, 0) is 53.3 Å². The standard InChI is InChI=1S/C19H18FNO/c1-2-19(22)21-9-8-16-7-6-15(11-17(16)13-21)10-14-4-3-5-18(20)12-14/h2-7,11-12H,1,8-10,13H2. The zero-order chi connectivity index (χ0) is 15.5. The summed E-state index contributed by atoms with van der Waals surface area (Å²) in [4.78, 5) is 13.6. The van der Waals surface area contributed by atoms with Crippen LogP contribution in [0.5, 0.6) is 0 Å². The molecule has 0 saturated carbocycles. The van der Waals surface area contributed by atoms with Gasteiger partial charge in [0.2, 0.25) is 5.91 Å². The summed E-state index contributed by atoms with van der Waals surface area (Å²) in [7, 11) is 0. The van der Waals surface area contributed by atoms with Crippen molar-refractivity contribution in [1.82, 2.24) is 4.90 Å². The maximum atomic E-state index is 13.3. The average Bonchev–Trinajstić information content (AvgIpc) is 2.53. The van der Waals surface area contributed by atoms with Crippen LogP contribution in [-0.4, -0.2) is 17.4 Å². The Balaban J connectivity index is 1.81. The molecule has 1 aliphatic rings. The minimum Gasteiger partial charge on any atom is -0.335 e. The molecular formula is C19H18FNO. The fraction of sp³-hybridized carbons (Fsp3) is 0.211. The third-order valence-electron chi connectivity index (χ3n) is 4.07. The smallest absolute Gasteiger partial charge is 0.246 e. The molecule has 0 spiro atoms. The molecule has 0 fully saturated rings. The summed E-state index contributed by atoms with van der Waals surface area (Å²) in [6.07, 6.45) is 2.93. The molecular weight excluding hydrogens is 277 g/mol. The van der Waals surface area contributed by atoms with Crippen molar-refractivity contribution in [2.75, 3.05) is 6.54 Å². The van der Waals surface area contributed by atoms with Crippen LogP contribution in [0.2, 0.25) is 0 Å². The summed E-state index contributed by atoms with van der Waals surface area (Å²) in [6, 6.07) is 13.0. The molecule has 1 heterocycles. The fourth-order valence-corrected chi connectivity index (χ4v) is 2.92. The molecule has 0 aromatic heterocycles.